The molecule has 0 spiro atoms. The molecule has 1 aromatic carbocycles. The molecule has 23 heavy (non-hydrogen) atoms. The lowest BCUT2D eigenvalue weighted by Crippen LogP contribution is -2.39. The highest BCUT2D eigenvalue weighted by atomic mass is 19.1. The van der Waals surface area contributed by atoms with Gasteiger partial charge in [-0.25, -0.2) is 4.39 Å². The van der Waals surface area contributed by atoms with Gasteiger partial charge in [-0.3, -0.25) is 9.98 Å². The smallest absolute Gasteiger partial charge is 0.191 e. The van der Waals surface area contributed by atoms with Gasteiger partial charge in [-0.2, -0.15) is 0 Å². The Hall–Kier alpha value is -2.43. The number of guanidine groups is 1. The molecule has 0 bridgehead atoms. The van der Waals surface area contributed by atoms with Gasteiger partial charge in [0.25, 0.3) is 0 Å². The van der Waals surface area contributed by atoms with Crippen LogP contribution in [0.15, 0.2) is 47.6 Å². The van der Waals surface area contributed by atoms with Crippen molar-refractivity contribution in [2.75, 3.05) is 13.6 Å². The monoisotopic (exact) mass is 314 g/mol. The molecule has 0 fully saturated rings. The lowest BCUT2D eigenvalue weighted by Gasteiger charge is -2.18. The molecule has 0 aliphatic carbocycles. The van der Waals surface area contributed by atoms with Gasteiger partial charge in [0.15, 0.2) is 5.96 Å². The average molecular weight is 314 g/mol. The molecular weight excluding hydrogens is 291 g/mol. The molecule has 1 unspecified atom stereocenters. The van der Waals surface area contributed by atoms with Crippen molar-refractivity contribution < 1.29 is 4.39 Å². The number of halogens is 1. The Morgan fingerprint density at radius 2 is 2.13 bits per heavy atom. The second-order valence-electron chi connectivity index (χ2n) is 5.44. The van der Waals surface area contributed by atoms with Crippen molar-refractivity contribution in [3.05, 3.63) is 65.2 Å². The van der Waals surface area contributed by atoms with Gasteiger partial charge in [-0.15, -0.1) is 0 Å². The number of benzene rings is 1. The number of aryl methyl sites for hydroxylation is 1. The predicted octanol–water partition coefficient (Wildman–Crippen LogP) is 3.00. The number of aromatic nitrogens is 1. The quantitative estimate of drug-likeness (QED) is 0.659. The van der Waals surface area contributed by atoms with E-state index < -0.39 is 0 Å². The molecule has 4 nitrogen and oxygen atoms in total. The molecular formula is C18H23FN4. The molecule has 0 amide bonds. The van der Waals surface area contributed by atoms with Crippen LogP contribution < -0.4 is 10.6 Å². The number of rotatable bonds is 5. The van der Waals surface area contributed by atoms with Gasteiger partial charge in [0, 0.05) is 31.9 Å². The van der Waals surface area contributed by atoms with Crippen molar-refractivity contribution in [3.8, 4) is 0 Å². The van der Waals surface area contributed by atoms with Crippen molar-refractivity contribution >= 4 is 5.96 Å². The second-order valence-corrected chi connectivity index (χ2v) is 5.44. The van der Waals surface area contributed by atoms with Gasteiger partial charge in [-0.1, -0.05) is 18.2 Å². The molecule has 2 rings (SSSR count). The lowest BCUT2D eigenvalue weighted by atomic mass is 10.1. The standard InChI is InChI=1S/C18H23FN4/c1-13-7-8-15(12-17(13)19)14(2)23-18(20-3)22-11-9-16-6-4-5-10-21-16/h4-8,10,12,14H,9,11H2,1-3H3,(H2,20,22,23). The van der Waals surface area contributed by atoms with Crippen molar-refractivity contribution in [2.24, 2.45) is 4.99 Å². The van der Waals surface area contributed by atoms with E-state index in [-0.39, 0.29) is 11.9 Å². The van der Waals surface area contributed by atoms with Crippen molar-refractivity contribution in [2.45, 2.75) is 26.3 Å². The number of pyridine rings is 1. The van der Waals surface area contributed by atoms with Crippen LogP contribution in [-0.2, 0) is 6.42 Å². The third-order valence-electron chi connectivity index (χ3n) is 3.67. The van der Waals surface area contributed by atoms with Crippen LogP contribution in [0.4, 0.5) is 4.39 Å². The summed E-state index contributed by atoms with van der Waals surface area (Å²) in [5, 5.41) is 6.52. The first-order valence-corrected chi connectivity index (χ1v) is 7.73. The molecule has 2 aromatic rings. The van der Waals surface area contributed by atoms with E-state index in [1.807, 2.05) is 31.2 Å². The molecule has 1 atom stereocenters. The maximum absolute atomic E-state index is 13.7. The topological polar surface area (TPSA) is 49.3 Å². The summed E-state index contributed by atoms with van der Waals surface area (Å²) in [4.78, 5) is 8.49. The van der Waals surface area contributed by atoms with Gasteiger partial charge in [0.1, 0.15) is 5.82 Å². The van der Waals surface area contributed by atoms with E-state index in [4.69, 9.17) is 0 Å². The molecule has 1 aromatic heterocycles. The molecule has 0 aliphatic rings. The van der Waals surface area contributed by atoms with Crippen LogP contribution in [0.1, 0.15) is 29.8 Å². The van der Waals surface area contributed by atoms with Crippen LogP contribution in [0, 0.1) is 12.7 Å². The van der Waals surface area contributed by atoms with Gasteiger partial charge in [-0.05, 0) is 43.2 Å². The molecule has 0 saturated heterocycles. The Labute approximate surface area is 136 Å². The zero-order valence-electron chi connectivity index (χ0n) is 13.8. The van der Waals surface area contributed by atoms with E-state index >= 15 is 0 Å². The summed E-state index contributed by atoms with van der Waals surface area (Å²) >= 11 is 0. The number of aliphatic imine (C=N–C) groups is 1. The summed E-state index contributed by atoms with van der Waals surface area (Å²) in [6.07, 6.45) is 2.60. The number of hydrogen-bond acceptors (Lipinski definition) is 2. The fraction of sp³-hybridized carbons (Fsp3) is 0.333. The summed E-state index contributed by atoms with van der Waals surface area (Å²) < 4.78 is 13.7. The second kappa shape index (κ2) is 8.27. The van der Waals surface area contributed by atoms with Crippen LogP contribution in [0.2, 0.25) is 0 Å². The maximum Gasteiger partial charge on any atom is 0.191 e. The van der Waals surface area contributed by atoms with E-state index in [1.54, 1.807) is 32.3 Å². The summed E-state index contributed by atoms with van der Waals surface area (Å²) in [7, 11) is 1.72. The Morgan fingerprint density at radius 3 is 2.78 bits per heavy atom. The molecule has 0 radical (unpaired) electrons. The molecule has 0 saturated carbocycles. The Bertz CT molecular complexity index is 655. The van der Waals surface area contributed by atoms with E-state index in [0.717, 1.165) is 24.2 Å². The Morgan fingerprint density at radius 1 is 1.30 bits per heavy atom. The minimum Gasteiger partial charge on any atom is -0.356 e. The van der Waals surface area contributed by atoms with Gasteiger partial charge in [0.2, 0.25) is 0 Å². The zero-order chi connectivity index (χ0) is 16.7. The largest absolute Gasteiger partial charge is 0.356 e. The number of nitrogens with zero attached hydrogens (tertiary/aromatic N) is 2. The van der Waals surface area contributed by atoms with E-state index in [9.17, 15) is 4.39 Å². The van der Waals surface area contributed by atoms with Crippen molar-refractivity contribution in [3.63, 3.8) is 0 Å². The van der Waals surface area contributed by atoms with E-state index in [1.165, 1.54) is 0 Å². The van der Waals surface area contributed by atoms with Crippen LogP contribution in [-0.4, -0.2) is 24.5 Å². The highest BCUT2D eigenvalue weighted by Gasteiger charge is 2.09. The molecule has 122 valence electrons. The minimum atomic E-state index is -0.186. The van der Waals surface area contributed by atoms with Crippen LogP contribution in [0.25, 0.3) is 0 Å². The number of hydrogen-bond donors (Lipinski definition) is 2. The van der Waals surface area contributed by atoms with Crippen LogP contribution in [0.5, 0.6) is 0 Å². The van der Waals surface area contributed by atoms with Gasteiger partial charge in [0.05, 0.1) is 6.04 Å². The lowest BCUT2D eigenvalue weighted by molar-refractivity contribution is 0.607. The number of nitrogens with one attached hydrogen (secondary N) is 2. The Kier molecular flexibility index (Phi) is 6.09. The van der Waals surface area contributed by atoms with Gasteiger partial charge >= 0.3 is 0 Å². The fourth-order valence-electron chi connectivity index (χ4n) is 2.22. The molecule has 0 aliphatic heterocycles. The third kappa shape index (κ3) is 5.06. The highest BCUT2D eigenvalue weighted by Crippen LogP contribution is 2.16. The first-order chi connectivity index (χ1) is 11.1. The zero-order valence-corrected chi connectivity index (χ0v) is 13.8. The van der Waals surface area contributed by atoms with E-state index in [0.29, 0.717) is 11.5 Å². The van der Waals surface area contributed by atoms with Gasteiger partial charge < -0.3 is 10.6 Å². The summed E-state index contributed by atoms with van der Waals surface area (Å²) in [5.74, 6) is 0.503. The fourth-order valence-corrected chi connectivity index (χ4v) is 2.22. The summed E-state index contributed by atoms with van der Waals surface area (Å²) in [5.41, 5.74) is 2.57. The van der Waals surface area contributed by atoms with Crippen LogP contribution in [0.3, 0.4) is 0 Å². The summed E-state index contributed by atoms with van der Waals surface area (Å²) in [6, 6.07) is 11.1. The van der Waals surface area contributed by atoms with Crippen molar-refractivity contribution in [1.82, 2.24) is 15.6 Å². The Balaban J connectivity index is 1.87. The minimum absolute atomic E-state index is 0.0360. The normalized spacial score (nSPS) is 12.8. The first-order valence-electron chi connectivity index (χ1n) is 7.73. The first kappa shape index (κ1) is 16.9. The molecule has 1 heterocycles. The van der Waals surface area contributed by atoms with E-state index in [2.05, 4.69) is 20.6 Å². The maximum atomic E-state index is 13.7. The van der Waals surface area contributed by atoms with Crippen molar-refractivity contribution in [1.29, 1.82) is 0 Å². The highest BCUT2D eigenvalue weighted by molar-refractivity contribution is 5.80. The molecule has 5 heteroatoms. The SMILES string of the molecule is CN=C(NCCc1ccccn1)NC(C)c1ccc(C)c(F)c1. The molecule has 2 N–H and O–H groups in total. The predicted molar refractivity (Wildman–Crippen MR) is 92.0 cm³/mol. The average Bonchev–Trinajstić information content (AvgIpc) is 2.57. The van der Waals surface area contributed by atoms with Crippen LogP contribution >= 0.6 is 0 Å². The third-order valence-corrected chi connectivity index (χ3v) is 3.67. The summed E-state index contributed by atoms with van der Waals surface area (Å²) in [6.45, 7) is 4.47.